The van der Waals surface area contributed by atoms with Crippen molar-refractivity contribution in [3.05, 3.63) is 0 Å². The van der Waals surface area contributed by atoms with E-state index in [0.717, 1.165) is 25.3 Å². The van der Waals surface area contributed by atoms with Gasteiger partial charge in [0.2, 0.25) is 5.91 Å². The van der Waals surface area contributed by atoms with E-state index < -0.39 is 0 Å². The number of carbonyl (C=O) groups excluding carboxylic acids is 1. The number of carbonyl (C=O) groups is 1. The Hall–Kier alpha value is -0.260. The molecule has 94 valence electrons. The van der Waals surface area contributed by atoms with Crippen molar-refractivity contribution in [2.24, 2.45) is 0 Å². The van der Waals surface area contributed by atoms with E-state index in [1.165, 1.54) is 0 Å². The van der Waals surface area contributed by atoms with Gasteiger partial charge in [-0.2, -0.15) is 11.8 Å². The summed E-state index contributed by atoms with van der Waals surface area (Å²) in [5.41, 5.74) is 0. The molecule has 1 aliphatic rings. The predicted octanol–water partition coefficient (Wildman–Crippen LogP) is 0.576. The average Bonchev–Trinajstić information content (AvgIpc) is 2.34. The maximum absolute atomic E-state index is 11.8. The molecule has 1 aliphatic heterocycles. The molecule has 1 saturated heterocycles. The molecule has 0 aromatic carbocycles. The van der Waals surface area contributed by atoms with Gasteiger partial charge >= 0.3 is 0 Å². The summed E-state index contributed by atoms with van der Waals surface area (Å²) in [7, 11) is 0. The first kappa shape index (κ1) is 13.8. The van der Waals surface area contributed by atoms with Crippen LogP contribution in [-0.4, -0.2) is 61.7 Å². The maximum atomic E-state index is 11.8. The molecule has 1 heterocycles. The Bertz CT molecular complexity index is 208. The quantitative estimate of drug-likeness (QED) is 0.744. The molecule has 4 nitrogen and oxygen atoms in total. The number of rotatable bonds is 6. The van der Waals surface area contributed by atoms with Crippen LogP contribution in [0.2, 0.25) is 0 Å². The van der Waals surface area contributed by atoms with Gasteiger partial charge in [-0.05, 0) is 25.4 Å². The molecule has 0 saturated carbocycles. The molecule has 1 rings (SSSR count). The Morgan fingerprint density at radius 2 is 2.19 bits per heavy atom. The van der Waals surface area contributed by atoms with Gasteiger partial charge in [0.05, 0.1) is 19.8 Å². The van der Waals surface area contributed by atoms with Gasteiger partial charge in [0.15, 0.2) is 0 Å². The maximum Gasteiger partial charge on any atom is 0.236 e. The normalized spacial score (nSPS) is 18.5. The zero-order valence-corrected chi connectivity index (χ0v) is 11.0. The van der Waals surface area contributed by atoms with Crippen LogP contribution in [0.15, 0.2) is 0 Å². The van der Waals surface area contributed by atoms with Crippen molar-refractivity contribution in [3.63, 3.8) is 0 Å². The first-order valence-electron chi connectivity index (χ1n) is 5.82. The van der Waals surface area contributed by atoms with Gasteiger partial charge in [-0.25, -0.2) is 0 Å². The summed E-state index contributed by atoms with van der Waals surface area (Å²) in [6.07, 6.45) is 3.21. The summed E-state index contributed by atoms with van der Waals surface area (Å²) >= 11 is 1.84. The SMILES string of the molecule is CSCCC(C)NCC(=O)N1CCOCC1. The lowest BCUT2D eigenvalue weighted by molar-refractivity contribution is -0.134. The van der Waals surface area contributed by atoms with E-state index in [1.807, 2.05) is 16.7 Å². The van der Waals surface area contributed by atoms with Crippen LogP contribution in [0.1, 0.15) is 13.3 Å². The van der Waals surface area contributed by atoms with Gasteiger partial charge < -0.3 is 15.0 Å². The topological polar surface area (TPSA) is 41.6 Å². The molecule has 0 aliphatic carbocycles. The Morgan fingerprint density at radius 1 is 1.50 bits per heavy atom. The number of thioether (sulfide) groups is 1. The van der Waals surface area contributed by atoms with Crippen LogP contribution in [0.25, 0.3) is 0 Å². The lowest BCUT2D eigenvalue weighted by atomic mass is 10.2. The highest BCUT2D eigenvalue weighted by Crippen LogP contribution is 2.00. The van der Waals surface area contributed by atoms with Crippen LogP contribution >= 0.6 is 11.8 Å². The molecule has 0 aromatic heterocycles. The van der Waals surface area contributed by atoms with Crippen LogP contribution in [-0.2, 0) is 9.53 Å². The number of morpholine rings is 1. The van der Waals surface area contributed by atoms with Crippen LogP contribution < -0.4 is 5.32 Å². The Morgan fingerprint density at radius 3 is 2.81 bits per heavy atom. The molecular formula is C11H22N2O2S. The first-order chi connectivity index (χ1) is 7.74. The number of hydrogen-bond acceptors (Lipinski definition) is 4. The fourth-order valence-electron chi connectivity index (χ4n) is 1.58. The summed E-state index contributed by atoms with van der Waals surface area (Å²) in [6, 6.07) is 0.414. The molecule has 0 spiro atoms. The molecular weight excluding hydrogens is 224 g/mol. The van der Waals surface area contributed by atoms with E-state index in [2.05, 4.69) is 18.5 Å². The van der Waals surface area contributed by atoms with Crippen molar-refractivity contribution in [2.45, 2.75) is 19.4 Å². The fourth-order valence-corrected chi connectivity index (χ4v) is 2.17. The minimum Gasteiger partial charge on any atom is -0.378 e. The Kier molecular flexibility index (Phi) is 6.84. The van der Waals surface area contributed by atoms with E-state index in [-0.39, 0.29) is 5.91 Å². The van der Waals surface area contributed by atoms with E-state index in [9.17, 15) is 4.79 Å². The van der Waals surface area contributed by atoms with Crippen molar-refractivity contribution >= 4 is 17.7 Å². The molecule has 1 N–H and O–H groups in total. The van der Waals surface area contributed by atoms with Gasteiger partial charge in [0.1, 0.15) is 0 Å². The Balaban J connectivity index is 2.13. The predicted molar refractivity (Wildman–Crippen MR) is 67.9 cm³/mol. The standard InChI is InChI=1S/C11H22N2O2S/c1-10(3-8-16-2)12-9-11(14)13-4-6-15-7-5-13/h10,12H,3-9H2,1-2H3. The number of amides is 1. The molecule has 0 aromatic rings. The monoisotopic (exact) mass is 246 g/mol. The first-order valence-corrected chi connectivity index (χ1v) is 7.21. The van der Waals surface area contributed by atoms with E-state index in [0.29, 0.717) is 25.8 Å². The van der Waals surface area contributed by atoms with Gasteiger partial charge in [0, 0.05) is 19.1 Å². The summed E-state index contributed by atoms with van der Waals surface area (Å²) in [6.45, 7) is 5.40. The van der Waals surface area contributed by atoms with Gasteiger partial charge in [-0.3, -0.25) is 4.79 Å². The van der Waals surface area contributed by atoms with Crippen molar-refractivity contribution in [1.82, 2.24) is 10.2 Å². The van der Waals surface area contributed by atoms with Crippen LogP contribution in [0, 0.1) is 0 Å². The van der Waals surface area contributed by atoms with E-state index in [1.54, 1.807) is 0 Å². The zero-order chi connectivity index (χ0) is 11.8. The van der Waals surface area contributed by atoms with Crippen molar-refractivity contribution in [3.8, 4) is 0 Å². The number of ether oxygens (including phenoxy) is 1. The number of nitrogens with zero attached hydrogens (tertiary/aromatic N) is 1. The largest absolute Gasteiger partial charge is 0.378 e. The highest BCUT2D eigenvalue weighted by atomic mass is 32.2. The van der Waals surface area contributed by atoms with Crippen LogP contribution in [0.5, 0.6) is 0 Å². The van der Waals surface area contributed by atoms with Gasteiger partial charge in [0.25, 0.3) is 0 Å². The third-order valence-electron chi connectivity index (χ3n) is 2.72. The molecule has 0 bridgehead atoms. The van der Waals surface area contributed by atoms with Gasteiger partial charge in [-0.1, -0.05) is 0 Å². The third-order valence-corrected chi connectivity index (χ3v) is 3.36. The van der Waals surface area contributed by atoms with E-state index >= 15 is 0 Å². The second kappa shape index (κ2) is 7.92. The molecule has 1 unspecified atom stereocenters. The average molecular weight is 246 g/mol. The highest BCUT2D eigenvalue weighted by Gasteiger charge is 2.16. The highest BCUT2D eigenvalue weighted by molar-refractivity contribution is 7.98. The van der Waals surface area contributed by atoms with Crippen LogP contribution in [0.3, 0.4) is 0 Å². The lowest BCUT2D eigenvalue weighted by Crippen LogP contribution is -2.46. The van der Waals surface area contributed by atoms with Crippen molar-refractivity contribution < 1.29 is 9.53 Å². The minimum atomic E-state index is 0.194. The minimum absolute atomic E-state index is 0.194. The number of hydrogen-bond donors (Lipinski definition) is 1. The lowest BCUT2D eigenvalue weighted by Gasteiger charge is -2.27. The second-order valence-electron chi connectivity index (χ2n) is 4.06. The summed E-state index contributed by atoms with van der Waals surface area (Å²) in [4.78, 5) is 13.7. The summed E-state index contributed by atoms with van der Waals surface area (Å²) in [5.74, 6) is 1.33. The molecule has 1 atom stereocenters. The number of nitrogens with one attached hydrogen (secondary N) is 1. The van der Waals surface area contributed by atoms with Crippen molar-refractivity contribution in [1.29, 1.82) is 0 Å². The van der Waals surface area contributed by atoms with E-state index in [4.69, 9.17) is 4.74 Å². The molecule has 1 fully saturated rings. The van der Waals surface area contributed by atoms with Crippen LogP contribution in [0.4, 0.5) is 0 Å². The second-order valence-corrected chi connectivity index (χ2v) is 5.04. The smallest absolute Gasteiger partial charge is 0.236 e. The van der Waals surface area contributed by atoms with Crippen molar-refractivity contribution in [2.75, 3.05) is 44.9 Å². The Labute approximate surface area is 102 Å². The van der Waals surface area contributed by atoms with Gasteiger partial charge in [-0.15, -0.1) is 0 Å². The molecule has 5 heteroatoms. The zero-order valence-electron chi connectivity index (χ0n) is 10.2. The molecule has 0 radical (unpaired) electrons. The summed E-state index contributed by atoms with van der Waals surface area (Å²) < 4.78 is 5.21. The summed E-state index contributed by atoms with van der Waals surface area (Å²) in [5, 5.41) is 3.27. The molecule has 1 amide bonds. The molecule has 16 heavy (non-hydrogen) atoms. The fraction of sp³-hybridized carbons (Fsp3) is 0.909. The third kappa shape index (κ3) is 5.18.